The predicted octanol–water partition coefficient (Wildman–Crippen LogP) is 10.9. The van der Waals surface area contributed by atoms with Crippen LogP contribution in [-0.4, -0.2) is 30.2 Å². The molecule has 0 saturated heterocycles. The molecule has 32 heavy (non-hydrogen) atoms. The fourth-order valence-corrected chi connectivity index (χ4v) is 5.95. The van der Waals surface area contributed by atoms with E-state index in [9.17, 15) is 0 Å². The fourth-order valence-electron chi connectivity index (χ4n) is 5.95. The predicted molar refractivity (Wildman–Crippen MR) is 149 cm³/mol. The summed E-state index contributed by atoms with van der Waals surface area (Å²) >= 11 is 0. The van der Waals surface area contributed by atoms with Crippen LogP contribution in [-0.2, 0) is 0 Å². The summed E-state index contributed by atoms with van der Waals surface area (Å²) in [6, 6.07) is 0.894. The third-order valence-corrected chi connectivity index (χ3v) is 8.53. The second-order valence-corrected chi connectivity index (χ2v) is 10.7. The lowest BCUT2D eigenvalue weighted by molar-refractivity contribution is -0.947. The van der Waals surface area contributed by atoms with E-state index in [0.29, 0.717) is 0 Å². The monoisotopic (exact) mass is 453 g/mol. The molecule has 0 aromatic heterocycles. The van der Waals surface area contributed by atoms with Crippen LogP contribution >= 0.6 is 0 Å². The Morgan fingerprint density at radius 2 is 0.656 bits per heavy atom. The van der Waals surface area contributed by atoms with Crippen LogP contribution in [0, 0.1) is 0 Å². The zero-order valence-electron chi connectivity index (χ0n) is 23.7. The number of nitrogens with zero attached hydrogens (tertiary/aromatic N) is 1. The van der Waals surface area contributed by atoms with Crippen molar-refractivity contribution >= 4 is 0 Å². The van der Waals surface area contributed by atoms with Crippen molar-refractivity contribution in [2.45, 2.75) is 182 Å². The first-order valence-corrected chi connectivity index (χ1v) is 15.6. The van der Waals surface area contributed by atoms with Gasteiger partial charge in [0, 0.05) is 0 Å². The Morgan fingerprint density at radius 1 is 0.375 bits per heavy atom. The van der Waals surface area contributed by atoms with Gasteiger partial charge in [-0.25, -0.2) is 0 Å². The molecule has 1 atom stereocenters. The first kappa shape index (κ1) is 32.0. The van der Waals surface area contributed by atoms with Gasteiger partial charge in [0.05, 0.1) is 25.7 Å². The molecular formula is C31H66N+. The van der Waals surface area contributed by atoms with Gasteiger partial charge in [-0.15, -0.1) is 0 Å². The van der Waals surface area contributed by atoms with Gasteiger partial charge < -0.3 is 4.48 Å². The van der Waals surface area contributed by atoms with E-state index in [-0.39, 0.29) is 0 Å². The van der Waals surface area contributed by atoms with Crippen molar-refractivity contribution in [1.82, 2.24) is 0 Å². The first-order valence-electron chi connectivity index (χ1n) is 15.6. The quantitative estimate of drug-likeness (QED) is 0.0903. The highest BCUT2D eigenvalue weighted by Gasteiger charge is 2.30. The highest BCUT2D eigenvalue weighted by Crippen LogP contribution is 2.22. The normalized spacial score (nSPS) is 13.0. The maximum absolute atomic E-state index is 2.41. The van der Waals surface area contributed by atoms with Crippen LogP contribution in [0.3, 0.4) is 0 Å². The molecule has 194 valence electrons. The summed E-state index contributed by atoms with van der Waals surface area (Å²) < 4.78 is 1.34. The lowest BCUT2D eigenvalue weighted by Crippen LogP contribution is -2.54. The molecule has 0 heterocycles. The topological polar surface area (TPSA) is 0 Å². The van der Waals surface area contributed by atoms with Crippen molar-refractivity contribution in [1.29, 1.82) is 0 Å². The van der Waals surface area contributed by atoms with E-state index in [4.69, 9.17) is 0 Å². The van der Waals surface area contributed by atoms with Crippen LogP contribution < -0.4 is 0 Å². The second-order valence-electron chi connectivity index (χ2n) is 10.7. The highest BCUT2D eigenvalue weighted by molar-refractivity contribution is 4.60. The summed E-state index contributed by atoms with van der Waals surface area (Å²) in [4.78, 5) is 0. The summed E-state index contributed by atoms with van der Waals surface area (Å²) in [6.45, 7) is 15.8. The average Bonchev–Trinajstić information content (AvgIpc) is 2.82. The van der Waals surface area contributed by atoms with Gasteiger partial charge in [-0.1, -0.05) is 136 Å². The standard InChI is InChI=1S/C31H66N/c1-6-11-12-13-14-15-16-17-18-19-20-21-22-23-24-25-26-27-28-29-30-31(7-2)32(8-3,9-4)10-5/h31H,6-30H2,1-5H3/q+1. The second kappa shape index (κ2) is 24.1. The van der Waals surface area contributed by atoms with Gasteiger partial charge in [0.25, 0.3) is 0 Å². The number of rotatable bonds is 26. The van der Waals surface area contributed by atoms with E-state index >= 15 is 0 Å². The van der Waals surface area contributed by atoms with E-state index in [0.717, 1.165) is 6.04 Å². The van der Waals surface area contributed by atoms with E-state index in [1.165, 1.54) is 165 Å². The Labute approximate surface area is 206 Å². The summed E-state index contributed by atoms with van der Waals surface area (Å²) in [5, 5.41) is 0. The van der Waals surface area contributed by atoms with Crippen LogP contribution in [0.5, 0.6) is 0 Å². The Morgan fingerprint density at radius 3 is 0.906 bits per heavy atom. The molecule has 0 aromatic carbocycles. The molecular weight excluding hydrogens is 386 g/mol. The largest absolute Gasteiger partial charge is 0.322 e. The molecule has 0 fully saturated rings. The minimum atomic E-state index is 0.894. The molecule has 0 aliphatic carbocycles. The maximum atomic E-state index is 2.41. The van der Waals surface area contributed by atoms with Gasteiger partial charge in [0.2, 0.25) is 0 Å². The van der Waals surface area contributed by atoms with Crippen LogP contribution in [0.15, 0.2) is 0 Å². The minimum Gasteiger partial charge on any atom is -0.322 e. The molecule has 0 rings (SSSR count). The summed E-state index contributed by atoms with van der Waals surface area (Å²) in [6.07, 6.45) is 32.3. The summed E-state index contributed by atoms with van der Waals surface area (Å²) in [5.41, 5.74) is 0. The molecule has 1 unspecified atom stereocenters. The van der Waals surface area contributed by atoms with Crippen LogP contribution in [0.1, 0.15) is 176 Å². The van der Waals surface area contributed by atoms with E-state index in [1.807, 2.05) is 0 Å². The number of hydrogen-bond acceptors (Lipinski definition) is 0. The van der Waals surface area contributed by atoms with Crippen LogP contribution in [0.25, 0.3) is 0 Å². The average molecular weight is 453 g/mol. The van der Waals surface area contributed by atoms with E-state index in [1.54, 1.807) is 0 Å². The third-order valence-electron chi connectivity index (χ3n) is 8.53. The SMILES string of the molecule is CCCCCCCCCCCCCCCCCCCCCCC(CC)[N+](CC)(CC)CC. The van der Waals surface area contributed by atoms with Crippen LogP contribution in [0.2, 0.25) is 0 Å². The Hall–Kier alpha value is -0.0400. The zero-order chi connectivity index (χ0) is 23.8. The molecule has 0 bridgehead atoms. The summed E-state index contributed by atoms with van der Waals surface area (Å²) in [7, 11) is 0. The smallest absolute Gasteiger partial charge is 0.0887 e. The van der Waals surface area contributed by atoms with Crippen molar-refractivity contribution in [3.63, 3.8) is 0 Å². The van der Waals surface area contributed by atoms with Gasteiger partial charge in [-0.3, -0.25) is 0 Å². The molecule has 1 nitrogen and oxygen atoms in total. The van der Waals surface area contributed by atoms with Gasteiger partial charge in [-0.05, 0) is 40.0 Å². The Balaban J connectivity index is 3.36. The van der Waals surface area contributed by atoms with Crippen LogP contribution in [0.4, 0.5) is 0 Å². The Bertz CT molecular complexity index is 338. The Kier molecular flexibility index (Phi) is 24.1. The first-order chi connectivity index (χ1) is 15.7. The third kappa shape index (κ3) is 16.6. The minimum absolute atomic E-state index is 0.894. The lowest BCUT2D eigenvalue weighted by Gasteiger charge is -2.43. The molecule has 0 N–H and O–H groups in total. The van der Waals surface area contributed by atoms with Crippen molar-refractivity contribution in [3.05, 3.63) is 0 Å². The van der Waals surface area contributed by atoms with E-state index in [2.05, 4.69) is 34.6 Å². The molecule has 0 radical (unpaired) electrons. The van der Waals surface area contributed by atoms with Crippen molar-refractivity contribution in [3.8, 4) is 0 Å². The molecule has 0 spiro atoms. The molecule has 0 aromatic rings. The zero-order valence-corrected chi connectivity index (χ0v) is 23.7. The molecule has 0 amide bonds. The van der Waals surface area contributed by atoms with E-state index < -0.39 is 0 Å². The fraction of sp³-hybridized carbons (Fsp3) is 1.00. The molecule has 1 heteroatoms. The van der Waals surface area contributed by atoms with Crippen molar-refractivity contribution < 1.29 is 4.48 Å². The highest BCUT2D eigenvalue weighted by atomic mass is 15.4. The number of unbranched alkanes of at least 4 members (excludes halogenated alkanes) is 19. The van der Waals surface area contributed by atoms with Gasteiger partial charge in [-0.2, -0.15) is 0 Å². The molecule has 0 aliphatic heterocycles. The van der Waals surface area contributed by atoms with Gasteiger partial charge in [0.1, 0.15) is 0 Å². The maximum Gasteiger partial charge on any atom is 0.0887 e. The van der Waals surface area contributed by atoms with Crippen molar-refractivity contribution in [2.24, 2.45) is 0 Å². The summed E-state index contributed by atoms with van der Waals surface area (Å²) in [5.74, 6) is 0. The molecule has 0 aliphatic rings. The number of hydrogen-bond donors (Lipinski definition) is 0. The van der Waals surface area contributed by atoms with Gasteiger partial charge >= 0.3 is 0 Å². The van der Waals surface area contributed by atoms with Crippen molar-refractivity contribution in [2.75, 3.05) is 19.6 Å². The number of quaternary nitrogens is 1. The lowest BCUT2D eigenvalue weighted by atomic mass is 9.99. The molecule has 0 saturated carbocycles. The van der Waals surface area contributed by atoms with Gasteiger partial charge in [0.15, 0.2) is 0 Å².